The second kappa shape index (κ2) is 9.32. The Kier molecular flexibility index (Phi) is 6.34. The Hall–Kier alpha value is -3.16. The topological polar surface area (TPSA) is 67.9 Å². The third kappa shape index (κ3) is 4.06. The van der Waals surface area contributed by atoms with Crippen LogP contribution in [0.4, 0.5) is 5.69 Å². The van der Waals surface area contributed by atoms with E-state index in [1.807, 2.05) is 47.8 Å². The first kappa shape index (κ1) is 21.1. The minimum absolute atomic E-state index is 0.0904. The van der Waals surface area contributed by atoms with E-state index in [1.165, 1.54) is 11.3 Å². The number of methoxy groups -OCH3 is 2. The van der Waals surface area contributed by atoms with Crippen molar-refractivity contribution in [1.29, 1.82) is 0 Å². The van der Waals surface area contributed by atoms with Gasteiger partial charge in [0.1, 0.15) is 5.75 Å². The van der Waals surface area contributed by atoms with Crippen molar-refractivity contribution < 1.29 is 19.1 Å². The van der Waals surface area contributed by atoms with Crippen molar-refractivity contribution >= 4 is 28.8 Å². The molecule has 2 amide bonds. The van der Waals surface area contributed by atoms with Crippen LogP contribution in [0.1, 0.15) is 32.8 Å². The molecule has 0 bridgehead atoms. The molecule has 2 heterocycles. The maximum atomic E-state index is 13.7. The van der Waals surface area contributed by atoms with Gasteiger partial charge < -0.3 is 19.7 Å². The molecule has 7 heteroatoms. The lowest BCUT2D eigenvalue weighted by Gasteiger charge is -2.41. The molecule has 0 aliphatic carbocycles. The molecule has 0 saturated heterocycles. The quantitative estimate of drug-likeness (QED) is 0.599. The molecule has 31 heavy (non-hydrogen) atoms. The first-order valence-electron chi connectivity index (χ1n) is 10.0. The minimum atomic E-state index is -0.575. The Balaban J connectivity index is 1.80. The van der Waals surface area contributed by atoms with E-state index < -0.39 is 12.0 Å². The van der Waals surface area contributed by atoms with Crippen LogP contribution in [0.3, 0.4) is 0 Å². The third-order valence-electron chi connectivity index (χ3n) is 5.46. The first-order valence-corrected chi connectivity index (χ1v) is 10.9. The van der Waals surface area contributed by atoms with Gasteiger partial charge in [-0.1, -0.05) is 36.4 Å². The van der Waals surface area contributed by atoms with E-state index in [9.17, 15) is 9.59 Å². The van der Waals surface area contributed by atoms with Crippen molar-refractivity contribution in [2.75, 3.05) is 32.7 Å². The molecule has 0 spiro atoms. The van der Waals surface area contributed by atoms with Gasteiger partial charge in [0, 0.05) is 24.1 Å². The molecule has 0 unspecified atom stereocenters. The number of hydrogen-bond donors (Lipinski definition) is 1. The lowest BCUT2D eigenvalue weighted by Crippen LogP contribution is -2.47. The number of carbonyl (C=O) groups excluding carboxylic acids is 2. The van der Waals surface area contributed by atoms with Crippen molar-refractivity contribution in [2.45, 2.75) is 12.0 Å². The average Bonchev–Trinajstić information content (AvgIpc) is 3.33. The van der Waals surface area contributed by atoms with Crippen LogP contribution in [0.25, 0.3) is 0 Å². The lowest BCUT2D eigenvalue weighted by atomic mass is 9.81. The number of benzene rings is 2. The van der Waals surface area contributed by atoms with Gasteiger partial charge in [-0.2, -0.15) is 0 Å². The predicted octanol–water partition coefficient (Wildman–Crippen LogP) is 4.32. The number of hydrogen-bond acceptors (Lipinski definition) is 5. The molecule has 160 valence electrons. The molecule has 1 aromatic heterocycles. The summed E-state index contributed by atoms with van der Waals surface area (Å²) in [5.74, 6) is -0.271. The van der Waals surface area contributed by atoms with Crippen molar-refractivity contribution in [3.8, 4) is 5.75 Å². The maximum Gasteiger partial charge on any atom is 0.254 e. The van der Waals surface area contributed by atoms with Crippen LogP contribution in [0, 0.1) is 0 Å². The fourth-order valence-electron chi connectivity index (χ4n) is 4.04. The van der Waals surface area contributed by atoms with Gasteiger partial charge in [-0.3, -0.25) is 9.59 Å². The minimum Gasteiger partial charge on any atom is -0.495 e. The summed E-state index contributed by atoms with van der Waals surface area (Å²) in [7, 11) is 3.18. The Morgan fingerprint density at radius 1 is 1.06 bits per heavy atom. The third-order valence-corrected chi connectivity index (χ3v) is 6.40. The number of nitrogens with one attached hydrogen (secondary N) is 1. The summed E-state index contributed by atoms with van der Waals surface area (Å²) in [5.41, 5.74) is 1.87. The number of anilines is 1. The summed E-state index contributed by atoms with van der Waals surface area (Å²) in [5, 5.41) is 4.99. The zero-order valence-corrected chi connectivity index (χ0v) is 18.2. The van der Waals surface area contributed by atoms with Gasteiger partial charge in [0.2, 0.25) is 5.91 Å². The molecule has 1 aliphatic heterocycles. The van der Waals surface area contributed by atoms with Crippen molar-refractivity contribution in [2.24, 2.45) is 0 Å². The smallest absolute Gasteiger partial charge is 0.254 e. The van der Waals surface area contributed by atoms with Gasteiger partial charge in [0.05, 0.1) is 31.4 Å². The van der Waals surface area contributed by atoms with E-state index >= 15 is 0 Å². The second-order valence-electron chi connectivity index (χ2n) is 7.21. The number of amides is 2. The Bertz CT molecular complexity index is 1070. The highest BCUT2D eigenvalue weighted by atomic mass is 32.1. The molecular weight excluding hydrogens is 412 g/mol. The maximum absolute atomic E-state index is 13.7. The SMILES string of the molecule is COCCN1C(=O)c2ccccc2[C@H](C(=O)Nc2ccccc2OC)[C@H]1c1cccs1. The fraction of sp³-hybridized carbons (Fsp3) is 0.250. The lowest BCUT2D eigenvalue weighted by molar-refractivity contribution is -0.119. The highest BCUT2D eigenvalue weighted by Crippen LogP contribution is 2.44. The number of carbonyl (C=O) groups is 2. The Labute approximate surface area is 185 Å². The number of para-hydroxylation sites is 2. The predicted molar refractivity (Wildman–Crippen MR) is 121 cm³/mol. The Morgan fingerprint density at radius 3 is 2.58 bits per heavy atom. The number of nitrogens with zero attached hydrogens (tertiary/aromatic N) is 1. The van der Waals surface area contributed by atoms with E-state index in [2.05, 4.69) is 5.32 Å². The van der Waals surface area contributed by atoms with Gasteiger partial charge in [-0.05, 0) is 35.2 Å². The largest absolute Gasteiger partial charge is 0.495 e. The van der Waals surface area contributed by atoms with Gasteiger partial charge in [0.25, 0.3) is 5.91 Å². The van der Waals surface area contributed by atoms with E-state index in [0.717, 1.165) is 10.4 Å². The van der Waals surface area contributed by atoms with Crippen molar-refractivity contribution in [1.82, 2.24) is 4.90 Å². The fourth-order valence-corrected chi connectivity index (χ4v) is 4.92. The van der Waals surface area contributed by atoms with E-state index in [-0.39, 0.29) is 11.8 Å². The molecule has 0 fully saturated rings. The van der Waals surface area contributed by atoms with Crippen molar-refractivity contribution in [3.05, 3.63) is 82.0 Å². The van der Waals surface area contributed by atoms with Crippen LogP contribution >= 0.6 is 11.3 Å². The summed E-state index contributed by atoms with van der Waals surface area (Å²) in [6, 6.07) is 18.1. The molecule has 3 aromatic rings. The molecule has 2 aromatic carbocycles. The molecule has 6 nitrogen and oxygen atoms in total. The highest BCUT2D eigenvalue weighted by Gasteiger charge is 2.44. The average molecular weight is 437 g/mol. The van der Waals surface area contributed by atoms with E-state index in [4.69, 9.17) is 9.47 Å². The number of rotatable bonds is 7. The molecule has 1 N–H and O–H groups in total. The first-order chi connectivity index (χ1) is 15.2. The normalized spacial score (nSPS) is 17.9. The molecule has 0 saturated carbocycles. The summed E-state index contributed by atoms with van der Waals surface area (Å²) >= 11 is 1.54. The van der Waals surface area contributed by atoms with Crippen LogP contribution in [0.5, 0.6) is 5.75 Å². The summed E-state index contributed by atoms with van der Waals surface area (Å²) in [6.45, 7) is 0.779. The van der Waals surface area contributed by atoms with Crippen LogP contribution in [-0.4, -0.2) is 44.1 Å². The zero-order chi connectivity index (χ0) is 21.8. The summed E-state index contributed by atoms with van der Waals surface area (Å²) < 4.78 is 10.7. The number of fused-ring (bicyclic) bond motifs is 1. The molecule has 0 radical (unpaired) electrons. The highest BCUT2D eigenvalue weighted by molar-refractivity contribution is 7.10. The standard InChI is InChI=1S/C24H24N2O4S/c1-29-14-13-26-22(20-12-7-15-31-20)21(16-8-3-4-9-17(16)24(26)28)23(27)25-18-10-5-6-11-19(18)30-2/h3-12,15,21-22H,13-14H2,1-2H3,(H,25,27)/t21-,22+/m0/s1. The van der Waals surface area contributed by atoms with Crippen LogP contribution in [-0.2, 0) is 9.53 Å². The van der Waals surface area contributed by atoms with E-state index in [0.29, 0.717) is 30.2 Å². The van der Waals surface area contributed by atoms with Gasteiger partial charge in [-0.15, -0.1) is 11.3 Å². The molecule has 4 rings (SSSR count). The molecule has 2 atom stereocenters. The van der Waals surface area contributed by atoms with Gasteiger partial charge >= 0.3 is 0 Å². The number of thiophene rings is 1. The van der Waals surface area contributed by atoms with Gasteiger partial charge in [0.15, 0.2) is 0 Å². The van der Waals surface area contributed by atoms with Crippen LogP contribution < -0.4 is 10.1 Å². The second-order valence-corrected chi connectivity index (χ2v) is 8.19. The molecule has 1 aliphatic rings. The number of ether oxygens (including phenoxy) is 2. The molecular formula is C24H24N2O4S. The van der Waals surface area contributed by atoms with Crippen LogP contribution in [0.2, 0.25) is 0 Å². The van der Waals surface area contributed by atoms with Crippen LogP contribution in [0.15, 0.2) is 66.0 Å². The zero-order valence-electron chi connectivity index (χ0n) is 17.4. The van der Waals surface area contributed by atoms with Crippen molar-refractivity contribution in [3.63, 3.8) is 0 Å². The summed E-state index contributed by atoms with van der Waals surface area (Å²) in [6.07, 6.45) is 0. The Morgan fingerprint density at radius 2 is 1.84 bits per heavy atom. The van der Waals surface area contributed by atoms with Gasteiger partial charge in [-0.25, -0.2) is 0 Å². The van der Waals surface area contributed by atoms with E-state index in [1.54, 1.807) is 37.3 Å². The monoisotopic (exact) mass is 436 g/mol. The summed E-state index contributed by atoms with van der Waals surface area (Å²) in [4.78, 5) is 29.8.